The van der Waals surface area contributed by atoms with Crippen LogP contribution in [0.25, 0.3) is 0 Å². The van der Waals surface area contributed by atoms with Gasteiger partial charge in [0.15, 0.2) is 11.6 Å². The number of hydrogen-bond acceptors (Lipinski definition) is 3. The van der Waals surface area contributed by atoms with Crippen LogP contribution in [0.1, 0.15) is 13.3 Å². The van der Waals surface area contributed by atoms with Gasteiger partial charge in [0.2, 0.25) is 0 Å². The van der Waals surface area contributed by atoms with Crippen molar-refractivity contribution >= 4 is 5.69 Å². The second-order valence-corrected chi connectivity index (χ2v) is 4.75. The van der Waals surface area contributed by atoms with E-state index in [2.05, 4.69) is 10.6 Å². The third-order valence-corrected chi connectivity index (χ3v) is 3.03. The van der Waals surface area contributed by atoms with Crippen LogP contribution in [-0.4, -0.2) is 31.8 Å². The monoisotopic (exact) mass is 274 g/mol. The van der Waals surface area contributed by atoms with Crippen LogP contribution in [-0.2, 0) is 4.74 Å². The highest BCUT2D eigenvalue weighted by molar-refractivity contribution is 5.47. The van der Waals surface area contributed by atoms with Crippen molar-refractivity contribution in [3.8, 4) is 0 Å². The summed E-state index contributed by atoms with van der Waals surface area (Å²) in [6, 6.07) is 1.33. The summed E-state index contributed by atoms with van der Waals surface area (Å²) in [5.74, 6) is -2.76. The van der Waals surface area contributed by atoms with Gasteiger partial charge in [-0.2, -0.15) is 0 Å². The second-order valence-electron chi connectivity index (χ2n) is 4.75. The molecule has 106 valence electrons. The van der Waals surface area contributed by atoms with E-state index < -0.39 is 17.5 Å². The van der Waals surface area contributed by atoms with Crippen LogP contribution in [0, 0.1) is 17.5 Å². The quantitative estimate of drug-likeness (QED) is 0.883. The van der Waals surface area contributed by atoms with E-state index in [0.29, 0.717) is 31.8 Å². The first-order chi connectivity index (χ1) is 9.06. The third-order valence-electron chi connectivity index (χ3n) is 3.03. The highest BCUT2D eigenvalue weighted by atomic mass is 19.1. The summed E-state index contributed by atoms with van der Waals surface area (Å²) in [4.78, 5) is 0. The van der Waals surface area contributed by atoms with Gasteiger partial charge in [0.05, 0.1) is 13.2 Å². The number of rotatable bonds is 4. The minimum absolute atomic E-state index is 0.155. The predicted octanol–water partition coefficient (Wildman–Crippen LogP) is 2.28. The molecule has 1 aliphatic heterocycles. The maximum Gasteiger partial charge on any atom is 0.152 e. The fourth-order valence-corrected chi connectivity index (χ4v) is 2.18. The van der Waals surface area contributed by atoms with Crippen molar-refractivity contribution < 1.29 is 17.9 Å². The molecule has 1 aromatic rings. The first-order valence-corrected chi connectivity index (χ1v) is 6.28. The lowest BCUT2D eigenvalue weighted by Crippen LogP contribution is -2.43. The Morgan fingerprint density at radius 1 is 1.37 bits per heavy atom. The van der Waals surface area contributed by atoms with Crippen LogP contribution in [0.3, 0.4) is 0 Å². The van der Waals surface area contributed by atoms with Gasteiger partial charge in [-0.1, -0.05) is 0 Å². The molecule has 3 nitrogen and oxygen atoms in total. The first kappa shape index (κ1) is 14.1. The topological polar surface area (TPSA) is 33.3 Å². The third kappa shape index (κ3) is 3.84. The molecule has 1 aliphatic rings. The number of anilines is 1. The highest BCUT2D eigenvalue weighted by Gasteiger charge is 2.18. The van der Waals surface area contributed by atoms with E-state index in [-0.39, 0.29) is 17.8 Å². The van der Waals surface area contributed by atoms with Gasteiger partial charge in [-0.25, -0.2) is 13.2 Å². The number of morpholine rings is 1. The van der Waals surface area contributed by atoms with Crippen LogP contribution in [0.2, 0.25) is 0 Å². The SMILES string of the molecule is CC(CC1COCCN1)Nc1c(F)cc(F)cc1F. The van der Waals surface area contributed by atoms with Crippen molar-refractivity contribution in [3.05, 3.63) is 29.6 Å². The van der Waals surface area contributed by atoms with Gasteiger partial charge in [0.1, 0.15) is 11.5 Å². The van der Waals surface area contributed by atoms with E-state index >= 15 is 0 Å². The molecule has 1 heterocycles. The zero-order valence-corrected chi connectivity index (χ0v) is 10.7. The van der Waals surface area contributed by atoms with Crippen LogP contribution in [0.5, 0.6) is 0 Å². The largest absolute Gasteiger partial charge is 0.379 e. The van der Waals surface area contributed by atoms with Gasteiger partial charge in [0.25, 0.3) is 0 Å². The molecule has 0 spiro atoms. The fourth-order valence-electron chi connectivity index (χ4n) is 2.18. The number of nitrogens with one attached hydrogen (secondary N) is 2. The first-order valence-electron chi connectivity index (χ1n) is 6.28. The molecule has 0 aliphatic carbocycles. The predicted molar refractivity (Wildman–Crippen MR) is 66.6 cm³/mol. The molecule has 0 aromatic heterocycles. The van der Waals surface area contributed by atoms with E-state index in [1.165, 1.54) is 0 Å². The van der Waals surface area contributed by atoms with Gasteiger partial charge in [-0.3, -0.25) is 0 Å². The minimum atomic E-state index is -0.921. The van der Waals surface area contributed by atoms with Crippen molar-refractivity contribution in [1.29, 1.82) is 0 Å². The Bertz CT molecular complexity index is 413. The maximum absolute atomic E-state index is 13.5. The van der Waals surface area contributed by atoms with Gasteiger partial charge in [-0.05, 0) is 13.3 Å². The van der Waals surface area contributed by atoms with Gasteiger partial charge < -0.3 is 15.4 Å². The number of hydrogen-bond donors (Lipinski definition) is 2. The lowest BCUT2D eigenvalue weighted by molar-refractivity contribution is 0.0731. The molecule has 2 unspecified atom stereocenters. The van der Waals surface area contributed by atoms with Crippen LogP contribution in [0.15, 0.2) is 12.1 Å². The average molecular weight is 274 g/mol. The van der Waals surface area contributed by atoms with Crippen molar-refractivity contribution in [2.24, 2.45) is 0 Å². The van der Waals surface area contributed by atoms with Gasteiger partial charge in [-0.15, -0.1) is 0 Å². The number of ether oxygens (including phenoxy) is 1. The summed E-state index contributed by atoms with van der Waals surface area (Å²) in [5.41, 5.74) is -0.286. The Morgan fingerprint density at radius 3 is 2.63 bits per heavy atom. The molecule has 2 atom stereocenters. The van der Waals surface area contributed by atoms with Gasteiger partial charge >= 0.3 is 0 Å². The molecular formula is C13H17F3N2O. The van der Waals surface area contributed by atoms with Crippen LogP contribution in [0.4, 0.5) is 18.9 Å². The Balaban J connectivity index is 1.96. The molecule has 2 rings (SSSR count). The van der Waals surface area contributed by atoms with Crippen molar-refractivity contribution in [3.63, 3.8) is 0 Å². The van der Waals surface area contributed by atoms with Crippen molar-refractivity contribution in [2.45, 2.75) is 25.4 Å². The molecule has 0 bridgehead atoms. The molecule has 0 amide bonds. The summed E-state index contributed by atoms with van der Waals surface area (Å²) >= 11 is 0. The van der Waals surface area contributed by atoms with E-state index in [4.69, 9.17) is 4.74 Å². The molecule has 0 saturated carbocycles. The zero-order valence-electron chi connectivity index (χ0n) is 10.7. The lowest BCUT2D eigenvalue weighted by atomic mass is 10.1. The van der Waals surface area contributed by atoms with E-state index in [1.54, 1.807) is 0 Å². The Kier molecular flexibility index (Phi) is 4.66. The number of benzene rings is 1. The average Bonchev–Trinajstić information content (AvgIpc) is 2.35. The molecule has 6 heteroatoms. The van der Waals surface area contributed by atoms with Crippen LogP contribution >= 0.6 is 0 Å². The molecular weight excluding hydrogens is 257 g/mol. The van der Waals surface area contributed by atoms with E-state index in [1.807, 2.05) is 6.92 Å². The summed E-state index contributed by atoms with van der Waals surface area (Å²) in [7, 11) is 0. The Morgan fingerprint density at radius 2 is 2.05 bits per heavy atom. The lowest BCUT2D eigenvalue weighted by Gasteiger charge is -2.27. The smallest absolute Gasteiger partial charge is 0.152 e. The molecule has 0 radical (unpaired) electrons. The van der Waals surface area contributed by atoms with E-state index in [0.717, 1.165) is 6.54 Å². The Labute approximate surface area is 110 Å². The fraction of sp³-hybridized carbons (Fsp3) is 0.538. The highest BCUT2D eigenvalue weighted by Crippen LogP contribution is 2.21. The van der Waals surface area contributed by atoms with Crippen molar-refractivity contribution in [1.82, 2.24) is 5.32 Å². The summed E-state index contributed by atoms with van der Waals surface area (Å²) < 4.78 is 45.0. The minimum Gasteiger partial charge on any atom is -0.379 e. The maximum atomic E-state index is 13.5. The normalized spacial score (nSPS) is 21.2. The molecule has 2 N–H and O–H groups in total. The molecule has 19 heavy (non-hydrogen) atoms. The Hall–Kier alpha value is -1.27. The zero-order chi connectivity index (χ0) is 13.8. The van der Waals surface area contributed by atoms with Gasteiger partial charge in [0, 0.05) is 30.8 Å². The summed E-state index contributed by atoms with van der Waals surface area (Å²) in [6.07, 6.45) is 0.663. The standard InChI is InChI=1S/C13H17F3N2O/c1-8(4-10-7-19-3-2-17-10)18-13-11(15)5-9(14)6-12(13)16/h5-6,8,10,17-18H,2-4,7H2,1H3. The molecule has 1 fully saturated rings. The second kappa shape index (κ2) is 6.25. The summed E-state index contributed by atoms with van der Waals surface area (Å²) in [6.45, 7) is 3.86. The van der Waals surface area contributed by atoms with Crippen LogP contribution < -0.4 is 10.6 Å². The number of halogens is 3. The molecule has 1 aromatic carbocycles. The van der Waals surface area contributed by atoms with Crippen molar-refractivity contribution in [2.75, 3.05) is 25.1 Å². The molecule has 1 saturated heterocycles. The summed E-state index contributed by atoms with van der Waals surface area (Å²) in [5, 5.41) is 6.00. The van der Waals surface area contributed by atoms with E-state index in [9.17, 15) is 13.2 Å².